The summed E-state index contributed by atoms with van der Waals surface area (Å²) >= 11 is 0. The van der Waals surface area contributed by atoms with E-state index in [1.807, 2.05) is 0 Å². The van der Waals surface area contributed by atoms with Crippen molar-refractivity contribution in [3.63, 3.8) is 0 Å². The van der Waals surface area contributed by atoms with Crippen LogP contribution in [0.5, 0.6) is 0 Å². The maximum absolute atomic E-state index is 14.1. The van der Waals surface area contributed by atoms with Gasteiger partial charge in [-0.3, -0.25) is 4.79 Å². The third-order valence-electron chi connectivity index (χ3n) is 4.20. The maximum Gasteiger partial charge on any atom is 0.302 e. The van der Waals surface area contributed by atoms with Crippen molar-refractivity contribution in [3.8, 4) is 0 Å². The van der Waals surface area contributed by atoms with Crippen LogP contribution in [0.1, 0.15) is 11.1 Å². The van der Waals surface area contributed by atoms with E-state index in [0.717, 1.165) is 12.1 Å². The molecule has 0 saturated carbocycles. The number of carbonyl (C=O) groups excluding carboxylic acids is 1. The summed E-state index contributed by atoms with van der Waals surface area (Å²) in [6.45, 7) is 0. The molecular weight excluding hydrogens is 401 g/mol. The molecule has 0 aromatic heterocycles. The number of hydrogen-bond acceptors (Lipinski definition) is 6. The molecule has 142 valence electrons. The van der Waals surface area contributed by atoms with Gasteiger partial charge in [0.2, 0.25) is 17.4 Å². The van der Waals surface area contributed by atoms with Gasteiger partial charge in [0.15, 0.2) is 13.3 Å². The summed E-state index contributed by atoms with van der Waals surface area (Å²) in [6.07, 6.45) is 0. The van der Waals surface area contributed by atoms with Crippen LogP contribution in [0.2, 0.25) is 0 Å². The normalized spacial score (nSPS) is 19.9. The van der Waals surface area contributed by atoms with Gasteiger partial charge in [0.1, 0.15) is 11.6 Å². The van der Waals surface area contributed by atoms with Gasteiger partial charge in [-0.2, -0.15) is 8.42 Å². The molecule has 0 spiro atoms. The van der Waals surface area contributed by atoms with Crippen LogP contribution in [0.25, 0.3) is 0 Å². The van der Waals surface area contributed by atoms with Gasteiger partial charge in [-0.05, 0) is 17.7 Å². The zero-order valence-corrected chi connectivity index (χ0v) is 15.5. The van der Waals surface area contributed by atoms with Gasteiger partial charge < -0.3 is 14.7 Å². The van der Waals surface area contributed by atoms with E-state index < -0.39 is 54.8 Å². The van der Waals surface area contributed by atoms with Gasteiger partial charge in [0.25, 0.3) is 0 Å². The Kier molecular flexibility index (Phi) is 5.02. The van der Waals surface area contributed by atoms with Crippen LogP contribution in [-0.4, -0.2) is 37.7 Å². The largest absolute Gasteiger partial charge is 0.467 e. The fourth-order valence-electron chi connectivity index (χ4n) is 2.62. The zero-order chi connectivity index (χ0) is 21.6. The molecule has 0 amide bonds. The Morgan fingerprint density at radius 3 is 2.31 bits per heavy atom. The lowest BCUT2D eigenvalue weighted by atomic mass is 9.65. The monoisotopic (exact) mass is 411 g/mol. The number of hydrogen-bond donors (Lipinski definition) is 1. The van der Waals surface area contributed by atoms with Crippen molar-refractivity contribution in [1.82, 2.24) is 0 Å². The van der Waals surface area contributed by atoms with Crippen molar-refractivity contribution in [2.75, 3.05) is 0 Å². The van der Waals surface area contributed by atoms with E-state index in [2.05, 4.69) is 0 Å². The fraction of sp³-hybridized carbons (Fsp3) is 0.118. The lowest BCUT2D eigenvalue weighted by molar-refractivity contribution is -0.126. The average Bonchev–Trinajstić information content (AvgIpc) is 2.85. The maximum atomic E-state index is 14.1. The molecule has 1 aliphatic heterocycles. The Hall–Kier alpha value is -2.75. The highest BCUT2D eigenvalue weighted by Gasteiger charge is 2.51. The molecule has 0 bridgehead atoms. The standard InChI is InChI=1S/C17H10B3F2NO5S/c18-16(11-7-6-10(21)8-12(11)22)14(24)13(15(23)27-16)28-29(25,26)17(19,20)9-4-2-1-3-5-9/h1-8H,23H2/t16-/m1/s1. The summed E-state index contributed by atoms with van der Waals surface area (Å²) in [5, 5.41) is 0. The third kappa shape index (κ3) is 3.41. The first-order chi connectivity index (χ1) is 13.4. The van der Waals surface area contributed by atoms with Gasteiger partial charge >= 0.3 is 10.1 Å². The van der Waals surface area contributed by atoms with Gasteiger partial charge in [-0.25, -0.2) is 8.78 Å². The van der Waals surface area contributed by atoms with Crippen molar-refractivity contribution < 1.29 is 30.9 Å². The predicted molar refractivity (Wildman–Crippen MR) is 101 cm³/mol. The molecule has 6 radical (unpaired) electrons. The molecule has 0 fully saturated rings. The van der Waals surface area contributed by atoms with Crippen molar-refractivity contribution in [2.45, 2.75) is 10.0 Å². The molecule has 0 unspecified atom stereocenters. The number of carbonyl (C=O) groups is 1. The third-order valence-corrected chi connectivity index (χ3v) is 5.65. The highest BCUT2D eigenvalue weighted by atomic mass is 32.2. The Bertz CT molecular complexity index is 1130. The molecule has 2 aromatic rings. The van der Waals surface area contributed by atoms with Crippen LogP contribution < -0.4 is 5.73 Å². The summed E-state index contributed by atoms with van der Waals surface area (Å²) in [6, 6.07) is 9.37. The van der Waals surface area contributed by atoms with Crippen molar-refractivity contribution in [3.05, 3.63) is 82.9 Å². The Morgan fingerprint density at radius 2 is 1.72 bits per heavy atom. The summed E-state index contributed by atoms with van der Waals surface area (Å²) in [4.78, 5) is 12.7. The molecule has 3 rings (SSSR count). The van der Waals surface area contributed by atoms with E-state index in [1.54, 1.807) is 6.07 Å². The molecule has 1 atom stereocenters. The molecule has 6 nitrogen and oxygen atoms in total. The van der Waals surface area contributed by atoms with E-state index in [9.17, 15) is 22.0 Å². The number of ketones is 1. The summed E-state index contributed by atoms with van der Waals surface area (Å²) in [7, 11) is 12.3. The van der Waals surface area contributed by atoms with Gasteiger partial charge in [0, 0.05) is 11.6 Å². The highest BCUT2D eigenvalue weighted by molar-refractivity contribution is 7.90. The predicted octanol–water partition coefficient (Wildman–Crippen LogP) is 0.507. The van der Waals surface area contributed by atoms with Gasteiger partial charge in [-0.1, -0.05) is 30.3 Å². The van der Waals surface area contributed by atoms with Crippen LogP contribution in [0.4, 0.5) is 8.78 Å². The second-order valence-electron chi connectivity index (χ2n) is 6.18. The summed E-state index contributed by atoms with van der Waals surface area (Å²) in [5.41, 5.74) is 2.33. The zero-order valence-electron chi connectivity index (χ0n) is 14.6. The molecule has 2 N–H and O–H groups in total. The van der Waals surface area contributed by atoms with Gasteiger partial charge in [0.05, 0.1) is 20.2 Å². The van der Waals surface area contributed by atoms with Crippen LogP contribution in [0.3, 0.4) is 0 Å². The van der Waals surface area contributed by atoms with E-state index in [0.29, 0.717) is 6.07 Å². The van der Waals surface area contributed by atoms with Gasteiger partial charge in [-0.15, -0.1) is 0 Å². The van der Waals surface area contributed by atoms with Crippen LogP contribution in [0.15, 0.2) is 60.2 Å². The highest BCUT2D eigenvalue weighted by Crippen LogP contribution is 2.38. The van der Waals surface area contributed by atoms with Crippen molar-refractivity contribution in [1.29, 1.82) is 0 Å². The first kappa shape index (κ1) is 21.0. The molecule has 0 saturated heterocycles. The number of rotatable bonds is 5. The minimum Gasteiger partial charge on any atom is -0.467 e. The quantitative estimate of drug-likeness (QED) is 0.570. The lowest BCUT2D eigenvalue weighted by Crippen LogP contribution is -2.40. The second-order valence-corrected chi connectivity index (χ2v) is 7.93. The first-order valence-corrected chi connectivity index (χ1v) is 9.36. The molecule has 2 aromatic carbocycles. The summed E-state index contributed by atoms with van der Waals surface area (Å²) < 4.78 is 59.7. The molecule has 1 heterocycles. The number of halogens is 2. The molecule has 1 aliphatic rings. The molecule has 29 heavy (non-hydrogen) atoms. The Labute approximate surface area is 169 Å². The Balaban J connectivity index is 1.96. The lowest BCUT2D eigenvalue weighted by Gasteiger charge is -2.26. The molecule has 12 heteroatoms. The summed E-state index contributed by atoms with van der Waals surface area (Å²) in [5.74, 6) is -5.35. The molecule has 0 aliphatic carbocycles. The van der Waals surface area contributed by atoms with E-state index in [4.69, 9.17) is 38.2 Å². The number of nitrogens with two attached hydrogens (primary N) is 1. The van der Waals surface area contributed by atoms with Crippen LogP contribution in [0, 0.1) is 11.6 Å². The SMILES string of the molecule is [B]C([B])(c1ccccc1)S(=O)(=O)OC1=C(N)O[C@]([B])(c2ccc(F)cc2F)C1=O. The molecular formula is C17H10B3F2NO5S. The second kappa shape index (κ2) is 6.94. The van der Waals surface area contributed by atoms with E-state index in [1.165, 1.54) is 24.3 Å². The van der Waals surface area contributed by atoms with E-state index in [-0.39, 0.29) is 5.56 Å². The van der Waals surface area contributed by atoms with Crippen molar-refractivity contribution in [2.24, 2.45) is 5.73 Å². The van der Waals surface area contributed by atoms with E-state index >= 15 is 0 Å². The van der Waals surface area contributed by atoms with Crippen LogP contribution >= 0.6 is 0 Å². The minimum atomic E-state index is -4.90. The fourth-order valence-corrected chi connectivity index (χ4v) is 3.56. The van der Waals surface area contributed by atoms with Crippen molar-refractivity contribution >= 4 is 39.4 Å². The Morgan fingerprint density at radius 1 is 1.10 bits per heavy atom. The van der Waals surface area contributed by atoms with Crippen LogP contribution in [-0.2, 0) is 33.9 Å². The minimum absolute atomic E-state index is 0.0471. The topological polar surface area (TPSA) is 95.7 Å². The smallest absolute Gasteiger partial charge is 0.302 e. The first-order valence-electron chi connectivity index (χ1n) is 7.95. The number of benzene rings is 2. The average molecular weight is 411 g/mol. The number of ether oxygens (including phenoxy) is 1. The number of Topliss-reactive ketones (excluding diaryl/α,β-unsaturated/α-hetero) is 1.